The zero-order valence-corrected chi connectivity index (χ0v) is 12.8. The van der Waals surface area contributed by atoms with Gasteiger partial charge in [-0.05, 0) is 18.6 Å². The third kappa shape index (κ3) is 4.92. The Labute approximate surface area is 131 Å². The van der Waals surface area contributed by atoms with E-state index in [-0.39, 0.29) is 5.75 Å². The normalized spacial score (nSPS) is 22.3. The molecule has 1 amide bonds. The number of hydrogen-bond acceptors (Lipinski definition) is 6. The average Bonchev–Trinajstić information content (AvgIpc) is 2.83. The number of nitrogens with zero attached hydrogens (tertiary/aromatic N) is 1. The van der Waals surface area contributed by atoms with Crippen molar-refractivity contribution >= 4 is 17.0 Å². The Balaban J connectivity index is 0.000000346. The first-order chi connectivity index (χ1) is 10.4. The lowest BCUT2D eigenvalue weighted by Crippen LogP contribution is -2.56. The summed E-state index contributed by atoms with van der Waals surface area (Å²) in [6, 6.07) is 8.87. The van der Waals surface area contributed by atoms with Crippen molar-refractivity contribution in [1.29, 1.82) is 0 Å². The molecule has 2 atom stereocenters. The Morgan fingerprint density at radius 3 is 2.55 bits per heavy atom. The van der Waals surface area contributed by atoms with Crippen molar-refractivity contribution < 1.29 is 23.5 Å². The van der Waals surface area contributed by atoms with E-state index in [1.54, 1.807) is 24.3 Å². The maximum atomic E-state index is 11.4. The number of hydroxylamine groups is 2. The van der Waals surface area contributed by atoms with Gasteiger partial charge in [0.25, 0.3) is 11.6 Å². The van der Waals surface area contributed by atoms with E-state index in [4.69, 9.17) is 10.5 Å². The van der Waals surface area contributed by atoms with Crippen LogP contribution in [0.3, 0.4) is 0 Å². The Morgan fingerprint density at radius 2 is 2.18 bits per heavy atom. The number of hydrogen-bond donors (Lipinski definition) is 2. The van der Waals surface area contributed by atoms with Crippen molar-refractivity contribution in [2.24, 2.45) is 5.73 Å². The number of carbonyl (C=O) groups is 1. The fraction of sp³-hybridized carbons (Fsp3) is 0.357. The zero-order chi connectivity index (χ0) is 16.6. The van der Waals surface area contributed by atoms with Crippen LogP contribution < -0.4 is 10.5 Å². The molecule has 0 bridgehead atoms. The van der Waals surface area contributed by atoms with Gasteiger partial charge in [-0.3, -0.25) is 9.00 Å². The molecule has 0 radical (unpaired) electrons. The molecule has 0 saturated carbocycles. The first kappa shape index (κ1) is 18.3. The van der Waals surface area contributed by atoms with E-state index < -0.39 is 22.7 Å². The highest BCUT2D eigenvalue weighted by Crippen LogP contribution is 2.30. The number of rotatable bonds is 5. The van der Waals surface area contributed by atoms with Gasteiger partial charge in [-0.2, -0.15) is 0 Å². The van der Waals surface area contributed by atoms with Gasteiger partial charge < -0.3 is 20.2 Å². The lowest BCUT2D eigenvalue weighted by Gasteiger charge is -2.31. The summed E-state index contributed by atoms with van der Waals surface area (Å²) in [6.07, 6.45) is 2.41. The molecule has 1 heterocycles. The molecule has 22 heavy (non-hydrogen) atoms. The van der Waals surface area contributed by atoms with E-state index in [0.29, 0.717) is 25.1 Å². The molecule has 1 aromatic carbocycles. The molecule has 3 N–H and O–H groups in total. The Hall–Kier alpha value is -1.74. The van der Waals surface area contributed by atoms with Crippen LogP contribution in [0.5, 0.6) is 5.75 Å². The molecule has 7 nitrogen and oxygen atoms in total. The number of benzene rings is 1. The topological polar surface area (TPSA) is 116 Å². The van der Waals surface area contributed by atoms with E-state index in [1.165, 1.54) is 6.08 Å². The van der Waals surface area contributed by atoms with Crippen molar-refractivity contribution in [3.63, 3.8) is 0 Å². The van der Waals surface area contributed by atoms with Crippen molar-refractivity contribution in [3.8, 4) is 5.75 Å². The highest BCUT2D eigenvalue weighted by molar-refractivity contribution is 7.79. The summed E-state index contributed by atoms with van der Waals surface area (Å²) in [5.41, 5.74) is 3.89. The predicted octanol–water partition coefficient (Wildman–Crippen LogP) is 0.783. The van der Waals surface area contributed by atoms with Gasteiger partial charge in [0.2, 0.25) is 0 Å². The minimum Gasteiger partial charge on any atom is -0.772 e. The highest BCUT2D eigenvalue weighted by Gasteiger charge is 2.48. The van der Waals surface area contributed by atoms with E-state index in [0.717, 1.165) is 5.06 Å². The summed E-state index contributed by atoms with van der Waals surface area (Å²) in [7, 11) is 0. The van der Waals surface area contributed by atoms with Crippen molar-refractivity contribution in [1.82, 2.24) is 5.06 Å². The third-order valence-electron chi connectivity index (χ3n) is 2.97. The fourth-order valence-electron chi connectivity index (χ4n) is 1.96. The van der Waals surface area contributed by atoms with Gasteiger partial charge in [0.05, 0.1) is 0 Å². The summed E-state index contributed by atoms with van der Waals surface area (Å²) in [6.45, 7) is 3.59. The number of amides is 1. The maximum absolute atomic E-state index is 11.4. The largest absolute Gasteiger partial charge is 0.772 e. The number of para-hydroxylation sites is 1. The van der Waals surface area contributed by atoms with E-state index in [1.807, 2.05) is 6.07 Å². The van der Waals surface area contributed by atoms with Gasteiger partial charge in [0.15, 0.2) is 0 Å². The molecule has 1 aromatic rings. The van der Waals surface area contributed by atoms with Crippen LogP contribution in [0, 0.1) is 0 Å². The first-order valence-corrected chi connectivity index (χ1v) is 7.84. The Bertz CT molecular complexity index is 525. The van der Waals surface area contributed by atoms with Crippen LogP contribution in [-0.4, -0.2) is 43.0 Å². The summed E-state index contributed by atoms with van der Waals surface area (Å²) >= 11 is -1.93. The van der Waals surface area contributed by atoms with Gasteiger partial charge >= 0.3 is 0 Å². The van der Waals surface area contributed by atoms with Crippen LogP contribution >= 0.6 is 0 Å². The second kappa shape index (κ2) is 8.64. The smallest absolute Gasteiger partial charge is 0.279 e. The fourth-order valence-corrected chi connectivity index (χ4v) is 2.15. The Kier molecular flexibility index (Phi) is 7.19. The summed E-state index contributed by atoms with van der Waals surface area (Å²) < 4.78 is 24.6. The van der Waals surface area contributed by atoms with Crippen LogP contribution in [0.1, 0.15) is 12.8 Å². The summed E-state index contributed by atoms with van der Waals surface area (Å²) in [5, 5.41) is 10.6. The second-order valence-electron chi connectivity index (χ2n) is 4.55. The highest BCUT2D eigenvalue weighted by atomic mass is 32.2. The average molecular weight is 327 g/mol. The minimum atomic E-state index is -1.93. The number of carbonyl (C=O) groups excluding carboxylic acids is 1. The quantitative estimate of drug-likeness (QED) is 0.610. The standard InChI is InChI=1S/C11H14N2O3.C3H6O2S/c12-10(14)11(7-4-8-13(11)15)16-9-5-2-1-3-6-9;1-2-3-6(4)5/h1-3,5-6,15H,4,7-8H2,(H2,12,14);2H,1,3H2,(H,4,5)/p-1/t11-;/m1./s1. The van der Waals surface area contributed by atoms with E-state index in [9.17, 15) is 18.8 Å². The lowest BCUT2D eigenvalue weighted by molar-refractivity contribution is -0.220. The number of primary amides is 1. The molecule has 1 aliphatic rings. The number of nitrogens with two attached hydrogens (primary N) is 1. The maximum Gasteiger partial charge on any atom is 0.279 e. The second-order valence-corrected chi connectivity index (χ2v) is 5.49. The molecular weight excluding hydrogens is 308 g/mol. The molecule has 1 saturated heterocycles. The lowest BCUT2D eigenvalue weighted by atomic mass is 10.1. The van der Waals surface area contributed by atoms with Gasteiger partial charge in [-0.25, -0.2) is 0 Å². The van der Waals surface area contributed by atoms with E-state index >= 15 is 0 Å². The molecule has 0 aliphatic carbocycles. The van der Waals surface area contributed by atoms with Crippen molar-refractivity contribution in [2.45, 2.75) is 18.6 Å². The summed E-state index contributed by atoms with van der Waals surface area (Å²) in [5.74, 6) is -0.0985. The van der Waals surface area contributed by atoms with Crippen LogP contribution in [0.25, 0.3) is 0 Å². The monoisotopic (exact) mass is 327 g/mol. The molecule has 122 valence electrons. The molecule has 2 rings (SSSR count). The van der Waals surface area contributed by atoms with Gasteiger partial charge in [0.1, 0.15) is 5.75 Å². The van der Waals surface area contributed by atoms with E-state index in [2.05, 4.69) is 6.58 Å². The molecule has 1 fully saturated rings. The summed E-state index contributed by atoms with van der Waals surface area (Å²) in [4.78, 5) is 11.4. The Morgan fingerprint density at radius 1 is 1.55 bits per heavy atom. The van der Waals surface area contributed by atoms with Gasteiger partial charge in [-0.15, -0.1) is 11.6 Å². The predicted molar refractivity (Wildman–Crippen MR) is 80.7 cm³/mol. The minimum absolute atomic E-state index is 0.0556. The molecule has 8 heteroatoms. The first-order valence-electron chi connectivity index (χ1n) is 6.59. The molecule has 0 spiro atoms. The van der Waals surface area contributed by atoms with Gasteiger partial charge in [0, 0.05) is 18.7 Å². The van der Waals surface area contributed by atoms with Crippen LogP contribution in [0.4, 0.5) is 0 Å². The van der Waals surface area contributed by atoms with Crippen LogP contribution in [-0.2, 0) is 15.9 Å². The zero-order valence-electron chi connectivity index (χ0n) is 12.0. The molecular formula is C14H19N2O5S-. The van der Waals surface area contributed by atoms with Gasteiger partial charge in [-0.1, -0.05) is 35.4 Å². The molecule has 1 aliphatic heterocycles. The van der Waals surface area contributed by atoms with Crippen LogP contribution in [0.15, 0.2) is 43.0 Å². The van der Waals surface area contributed by atoms with Crippen molar-refractivity contribution in [3.05, 3.63) is 43.0 Å². The third-order valence-corrected chi connectivity index (χ3v) is 3.48. The SMILES string of the molecule is C=CCS(=O)[O-].NC(=O)[C@]1(Oc2ccccc2)CCCN1O. The van der Waals surface area contributed by atoms with Crippen molar-refractivity contribution in [2.75, 3.05) is 12.3 Å². The number of ether oxygens (including phenoxy) is 1. The molecule has 0 aromatic heterocycles. The molecule has 1 unspecified atom stereocenters. The van der Waals surface area contributed by atoms with Crippen LogP contribution in [0.2, 0.25) is 0 Å².